The molecule has 5 rings (SSSR count). The van der Waals surface area contributed by atoms with Crippen molar-refractivity contribution in [1.29, 1.82) is 0 Å². The Morgan fingerprint density at radius 2 is 1.69 bits per heavy atom. The molecule has 3 aromatic heterocycles. The summed E-state index contributed by atoms with van der Waals surface area (Å²) in [6, 6.07) is 21.5. The lowest BCUT2D eigenvalue weighted by Gasteiger charge is -2.09. The number of halogens is 2. The SMILES string of the molecule is O=C(Nc1cc(-c2c(-c3cccc(Cl)c3)nc3cccnn23)ccn1)c1ccc(Cl)cc1. The molecule has 1 amide bonds. The average Bonchev–Trinajstić information content (AvgIpc) is 3.19. The number of nitrogens with zero attached hydrogens (tertiary/aromatic N) is 4. The third-order valence-corrected chi connectivity index (χ3v) is 5.36. The Labute approximate surface area is 193 Å². The number of benzene rings is 2. The minimum atomic E-state index is -0.280. The minimum absolute atomic E-state index is 0.280. The van der Waals surface area contributed by atoms with Crippen LogP contribution in [-0.4, -0.2) is 25.5 Å². The van der Waals surface area contributed by atoms with Gasteiger partial charge in [-0.25, -0.2) is 14.5 Å². The summed E-state index contributed by atoms with van der Waals surface area (Å²) in [6.07, 6.45) is 3.33. The Hall–Kier alpha value is -3.74. The van der Waals surface area contributed by atoms with Crippen molar-refractivity contribution in [2.75, 3.05) is 5.32 Å². The Bertz CT molecular complexity index is 1450. The lowest BCUT2D eigenvalue weighted by atomic mass is 10.1. The first-order valence-corrected chi connectivity index (χ1v) is 10.5. The van der Waals surface area contributed by atoms with E-state index >= 15 is 0 Å². The molecule has 0 saturated carbocycles. The number of pyridine rings is 1. The van der Waals surface area contributed by atoms with E-state index in [1.165, 1.54) is 0 Å². The Balaban J connectivity index is 1.58. The number of carbonyl (C=O) groups is 1. The van der Waals surface area contributed by atoms with Crippen molar-refractivity contribution in [3.8, 4) is 22.5 Å². The van der Waals surface area contributed by atoms with Crippen molar-refractivity contribution < 1.29 is 4.79 Å². The summed E-state index contributed by atoms with van der Waals surface area (Å²) < 4.78 is 1.76. The molecule has 0 unspecified atom stereocenters. The highest BCUT2D eigenvalue weighted by Gasteiger charge is 2.18. The molecule has 0 saturated heterocycles. The summed E-state index contributed by atoms with van der Waals surface area (Å²) in [7, 11) is 0. The Morgan fingerprint density at radius 3 is 2.50 bits per heavy atom. The van der Waals surface area contributed by atoms with Crippen LogP contribution in [0.4, 0.5) is 5.82 Å². The van der Waals surface area contributed by atoms with E-state index in [1.807, 2.05) is 42.5 Å². The van der Waals surface area contributed by atoms with Gasteiger partial charge in [-0.2, -0.15) is 5.10 Å². The second-order valence-corrected chi connectivity index (χ2v) is 7.88. The molecule has 0 aliphatic rings. The number of nitrogens with one attached hydrogen (secondary N) is 1. The number of imidazole rings is 1. The Kier molecular flexibility index (Phi) is 5.31. The van der Waals surface area contributed by atoms with Crippen LogP contribution in [0.15, 0.2) is 85.2 Å². The summed E-state index contributed by atoms with van der Waals surface area (Å²) in [5.74, 6) is 0.128. The van der Waals surface area contributed by atoms with Crippen LogP contribution in [0.25, 0.3) is 28.2 Å². The van der Waals surface area contributed by atoms with E-state index in [0.29, 0.717) is 27.1 Å². The normalized spacial score (nSPS) is 10.9. The van der Waals surface area contributed by atoms with Crippen LogP contribution in [0.5, 0.6) is 0 Å². The highest BCUT2D eigenvalue weighted by Crippen LogP contribution is 2.33. The third-order valence-electron chi connectivity index (χ3n) is 4.87. The van der Waals surface area contributed by atoms with Crippen molar-refractivity contribution in [3.05, 3.63) is 101 Å². The fourth-order valence-corrected chi connectivity index (χ4v) is 3.74. The van der Waals surface area contributed by atoms with Crippen LogP contribution in [0, 0.1) is 0 Å². The van der Waals surface area contributed by atoms with Gasteiger partial charge in [0.25, 0.3) is 5.91 Å². The number of fused-ring (bicyclic) bond motifs is 1. The standard InChI is InChI=1S/C24H15Cl2N5O/c25-18-8-6-15(7-9-18)24(32)29-20-14-17(10-12-27-20)23-22(16-3-1-4-19(26)13-16)30-21-5-2-11-28-31(21)23/h1-14H,(H,27,29,32). The molecule has 32 heavy (non-hydrogen) atoms. The van der Waals surface area contributed by atoms with Crippen LogP contribution in [0.3, 0.4) is 0 Å². The predicted octanol–water partition coefficient (Wildman–Crippen LogP) is 6.02. The molecular weight excluding hydrogens is 445 g/mol. The molecule has 0 fully saturated rings. The molecule has 0 atom stereocenters. The number of aromatic nitrogens is 4. The van der Waals surface area contributed by atoms with Gasteiger partial charge in [0, 0.05) is 39.1 Å². The number of carbonyl (C=O) groups excluding carboxylic acids is 1. The number of rotatable bonds is 4. The van der Waals surface area contributed by atoms with Crippen molar-refractivity contribution in [3.63, 3.8) is 0 Å². The first kappa shape index (κ1) is 20.2. The maximum Gasteiger partial charge on any atom is 0.256 e. The summed E-state index contributed by atoms with van der Waals surface area (Å²) in [5.41, 5.74) is 4.34. The van der Waals surface area contributed by atoms with E-state index in [-0.39, 0.29) is 5.91 Å². The summed E-state index contributed by atoms with van der Waals surface area (Å²) in [5, 5.41) is 8.49. The zero-order chi connectivity index (χ0) is 22.1. The lowest BCUT2D eigenvalue weighted by Crippen LogP contribution is -2.12. The molecule has 0 radical (unpaired) electrons. The monoisotopic (exact) mass is 459 g/mol. The molecule has 0 aliphatic heterocycles. The molecule has 6 nitrogen and oxygen atoms in total. The van der Waals surface area contributed by atoms with E-state index in [9.17, 15) is 4.79 Å². The van der Waals surface area contributed by atoms with Gasteiger partial charge in [-0.15, -0.1) is 0 Å². The molecular formula is C24H15Cl2N5O. The summed E-state index contributed by atoms with van der Waals surface area (Å²) in [4.78, 5) is 21.7. The summed E-state index contributed by atoms with van der Waals surface area (Å²) in [6.45, 7) is 0. The maximum absolute atomic E-state index is 12.6. The van der Waals surface area contributed by atoms with Crippen LogP contribution in [0.2, 0.25) is 10.0 Å². The first-order chi connectivity index (χ1) is 15.6. The zero-order valence-electron chi connectivity index (χ0n) is 16.5. The highest BCUT2D eigenvalue weighted by atomic mass is 35.5. The molecule has 1 N–H and O–H groups in total. The van der Waals surface area contributed by atoms with Gasteiger partial charge in [0.15, 0.2) is 5.65 Å². The maximum atomic E-state index is 12.6. The van der Waals surface area contributed by atoms with Gasteiger partial charge in [0.05, 0.1) is 5.69 Å². The van der Waals surface area contributed by atoms with E-state index in [2.05, 4.69) is 15.4 Å². The van der Waals surface area contributed by atoms with Gasteiger partial charge in [-0.1, -0.05) is 35.3 Å². The summed E-state index contributed by atoms with van der Waals surface area (Å²) >= 11 is 12.1. The third kappa shape index (κ3) is 3.93. The van der Waals surface area contributed by atoms with Crippen LogP contribution in [-0.2, 0) is 0 Å². The smallest absolute Gasteiger partial charge is 0.256 e. The van der Waals surface area contributed by atoms with E-state index < -0.39 is 0 Å². The van der Waals surface area contributed by atoms with Gasteiger partial charge in [-0.05, 0) is 60.7 Å². The lowest BCUT2D eigenvalue weighted by molar-refractivity contribution is 0.102. The molecule has 8 heteroatoms. The van der Waals surface area contributed by atoms with Crippen LogP contribution >= 0.6 is 23.2 Å². The van der Waals surface area contributed by atoms with Gasteiger partial charge < -0.3 is 5.32 Å². The van der Waals surface area contributed by atoms with Gasteiger partial charge >= 0.3 is 0 Å². The van der Waals surface area contributed by atoms with Gasteiger partial charge in [0.1, 0.15) is 11.5 Å². The Morgan fingerprint density at radius 1 is 0.844 bits per heavy atom. The van der Waals surface area contributed by atoms with Gasteiger partial charge in [-0.3, -0.25) is 4.79 Å². The molecule has 0 bridgehead atoms. The first-order valence-electron chi connectivity index (χ1n) is 9.71. The number of anilines is 1. The molecule has 5 aromatic rings. The number of hydrogen-bond donors (Lipinski definition) is 1. The van der Waals surface area contributed by atoms with Crippen molar-refractivity contribution in [2.24, 2.45) is 0 Å². The predicted molar refractivity (Wildman–Crippen MR) is 126 cm³/mol. The molecule has 3 heterocycles. The molecule has 0 aliphatic carbocycles. The van der Waals surface area contributed by atoms with Crippen molar-refractivity contribution >= 4 is 40.6 Å². The van der Waals surface area contributed by atoms with E-state index in [4.69, 9.17) is 28.2 Å². The van der Waals surface area contributed by atoms with E-state index in [1.54, 1.807) is 47.2 Å². The quantitative estimate of drug-likeness (QED) is 0.356. The van der Waals surface area contributed by atoms with Crippen LogP contribution in [0.1, 0.15) is 10.4 Å². The second kappa shape index (κ2) is 8.42. The highest BCUT2D eigenvalue weighted by molar-refractivity contribution is 6.31. The number of amides is 1. The van der Waals surface area contributed by atoms with Crippen molar-refractivity contribution in [1.82, 2.24) is 19.6 Å². The molecule has 2 aromatic carbocycles. The van der Waals surface area contributed by atoms with Crippen LogP contribution < -0.4 is 5.32 Å². The minimum Gasteiger partial charge on any atom is -0.307 e. The zero-order valence-corrected chi connectivity index (χ0v) is 18.0. The number of hydrogen-bond acceptors (Lipinski definition) is 4. The molecule has 0 spiro atoms. The molecule has 156 valence electrons. The van der Waals surface area contributed by atoms with Crippen molar-refractivity contribution in [2.45, 2.75) is 0 Å². The topological polar surface area (TPSA) is 72.2 Å². The largest absolute Gasteiger partial charge is 0.307 e. The average molecular weight is 460 g/mol. The second-order valence-electron chi connectivity index (χ2n) is 7.00. The van der Waals surface area contributed by atoms with E-state index in [0.717, 1.165) is 22.5 Å². The fourth-order valence-electron chi connectivity index (χ4n) is 3.42. The fraction of sp³-hybridized carbons (Fsp3) is 0. The van der Waals surface area contributed by atoms with Gasteiger partial charge in [0.2, 0.25) is 0 Å².